The van der Waals surface area contributed by atoms with Gasteiger partial charge in [0.2, 0.25) is 0 Å². The third-order valence-corrected chi connectivity index (χ3v) is 3.51. The number of nitrogen functional groups attached to an aromatic ring is 1. The minimum Gasteiger partial charge on any atom is -0.497 e. The van der Waals surface area contributed by atoms with E-state index in [1.807, 2.05) is 28.9 Å². The molecule has 0 saturated carbocycles. The molecular weight excluding hydrogens is 226 g/mol. The van der Waals surface area contributed by atoms with Gasteiger partial charge < -0.3 is 10.5 Å². The maximum atomic E-state index is 6.01. The van der Waals surface area contributed by atoms with E-state index < -0.39 is 0 Å². The van der Waals surface area contributed by atoms with Crippen LogP contribution in [0.1, 0.15) is 24.1 Å². The average Bonchev–Trinajstić information content (AvgIpc) is 2.77. The zero-order chi connectivity index (χ0) is 12.5. The van der Waals surface area contributed by atoms with E-state index in [0.717, 1.165) is 24.3 Å². The van der Waals surface area contributed by atoms with Gasteiger partial charge in [-0.05, 0) is 37.8 Å². The van der Waals surface area contributed by atoms with Gasteiger partial charge in [0, 0.05) is 17.3 Å². The fourth-order valence-corrected chi connectivity index (χ4v) is 2.58. The zero-order valence-corrected chi connectivity index (χ0v) is 10.5. The van der Waals surface area contributed by atoms with Crippen LogP contribution >= 0.6 is 0 Å². The Kier molecular flexibility index (Phi) is 2.70. The van der Waals surface area contributed by atoms with Crippen molar-refractivity contribution in [3.63, 3.8) is 0 Å². The molecule has 0 spiro atoms. The van der Waals surface area contributed by atoms with Gasteiger partial charge in [-0.1, -0.05) is 6.07 Å². The molecule has 1 aliphatic carbocycles. The molecule has 1 heterocycles. The molecule has 2 aromatic rings. The lowest BCUT2D eigenvalue weighted by molar-refractivity contribution is 0.414. The number of methoxy groups -OCH3 is 1. The number of anilines is 1. The van der Waals surface area contributed by atoms with E-state index in [4.69, 9.17) is 10.5 Å². The normalized spacial score (nSPS) is 14.3. The van der Waals surface area contributed by atoms with Gasteiger partial charge in [-0.25, -0.2) is 4.68 Å². The molecule has 0 aliphatic heterocycles. The van der Waals surface area contributed by atoms with Crippen LogP contribution in [0.5, 0.6) is 5.75 Å². The molecule has 1 aromatic heterocycles. The molecular formula is C14H17N3O. The van der Waals surface area contributed by atoms with Gasteiger partial charge in [-0.15, -0.1) is 0 Å². The number of hydrogen-bond acceptors (Lipinski definition) is 3. The molecule has 1 aliphatic rings. The first kappa shape index (κ1) is 11.1. The summed E-state index contributed by atoms with van der Waals surface area (Å²) in [7, 11) is 1.67. The minimum atomic E-state index is 0.674. The summed E-state index contributed by atoms with van der Waals surface area (Å²) in [6.07, 6.45) is 4.52. The highest BCUT2D eigenvalue weighted by Crippen LogP contribution is 2.28. The number of rotatable bonds is 2. The summed E-state index contributed by atoms with van der Waals surface area (Å²) >= 11 is 0. The fourth-order valence-electron chi connectivity index (χ4n) is 2.58. The second-order valence-corrected chi connectivity index (χ2v) is 4.63. The van der Waals surface area contributed by atoms with E-state index in [0.29, 0.717) is 5.82 Å². The molecule has 0 saturated heterocycles. The highest BCUT2D eigenvalue weighted by atomic mass is 16.5. The first-order valence-electron chi connectivity index (χ1n) is 6.30. The number of aromatic nitrogens is 2. The molecule has 0 atom stereocenters. The van der Waals surface area contributed by atoms with Crippen molar-refractivity contribution in [1.82, 2.24) is 9.78 Å². The quantitative estimate of drug-likeness (QED) is 0.880. The number of hydrogen-bond donors (Lipinski definition) is 1. The summed E-state index contributed by atoms with van der Waals surface area (Å²) in [4.78, 5) is 0. The van der Waals surface area contributed by atoms with Gasteiger partial charge in [0.1, 0.15) is 11.6 Å². The first-order valence-corrected chi connectivity index (χ1v) is 6.30. The Hall–Kier alpha value is -1.97. The van der Waals surface area contributed by atoms with Crippen molar-refractivity contribution >= 4 is 5.82 Å². The van der Waals surface area contributed by atoms with Gasteiger partial charge in [-0.3, -0.25) is 0 Å². The number of benzene rings is 1. The molecule has 1 aromatic carbocycles. The summed E-state index contributed by atoms with van der Waals surface area (Å²) in [5.41, 5.74) is 9.51. The molecule has 3 rings (SSSR count). The topological polar surface area (TPSA) is 53.1 Å². The second-order valence-electron chi connectivity index (χ2n) is 4.63. The van der Waals surface area contributed by atoms with Crippen molar-refractivity contribution in [3.8, 4) is 11.4 Å². The van der Waals surface area contributed by atoms with Crippen molar-refractivity contribution in [2.45, 2.75) is 25.7 Å². The van der Waals surface area contributed by atoms with E-state index in [2.05, 4.69) is 5.10 Å². The molecule has 94 valence electrons. The lowest BCUT2D eigenvalue weighted by Gasteiger charge is -2.14. The van der Waals surface area contributed by atoms with E-state index in [1.165, 1.54) is 24.1 Å². The van der Waals surface area contributed by atoms with E-state index in [1.54, 1.807) is 7.11 Å². The van der Waals surface area contributed by atoms with Crippen LogP contribution in [0.4, 0.5) is 5.82 Å². The minimum absolute atomic E-state index is 0.674. The molecule has 4 nitrogen and oxygen atoms in total. The van der Waals surface area contributed by atoms with Crippen molar-refractivity contribution < 1.29 is 4.74 Å². The van der Waals surface area contributed by atoms with Gasteiger partial charge in [-0.2, -0.15) is 5.10 Å². The van der Waals surface area contributed by atoms with E-state index in [-0.39, 0.29) is 0 Å². The van der Waals surface area contributed by atoms with Crippen LogP contribution < -0.4 is 10.5 Å². The molecule has 0 fully saturated rings. The van der Waals surface area contributed by atoms with Crippen molar-refractivity contribution in [2.75, 3.05) is 12.8 Å². The third-order valence-electron chi connectivity index (χ3n) is 3.51. The Balaban J connectivity index is 2.11. The summed E-state index contributed by atoms with van der Waals surface area (Å²) in [6.45, 7) is 0. The van der Waals surface area contributed by atoms with Crippen molar-refractivity contribution in [2.24, 2.45) is 0 Å². The van der Waals surface area contributed by atoms with Crippen LogP contribution in [0.15, 0.2) is 24.3 Å². The Morgan fingerprint density at radius 1 is 1.28 bits per heavy atom. The SMILES string of the molecule is COc1cccc(-n2nc(N)c3c2CCCC3)c1. The summed E-state index contributed by atoms with van der Waals surface area (Å²) in [5.74, 6) is 1.51. The molecule has 0 bridgehead atoms. The second kappa shape index (κ2) is 4.37. The van der Waals surface area contributed by atoms with Gasteiger partial charge in [0.15, 0.2) is 0 Å². The van der Waals surface area contributed by atoms with Gasteiger partial charge >= 0.3 is 0 Å². The Bertz CT molecular complexity index is 574. The van der Waals surface area contributed by atoms with Gasteiger partial charge in [0.25, 0.3) is 0 Å². The standard InChI is InChI=1S/C14H17N3O/c1-18-11-6-4-5-10(9-11)17-13-8-3-2-7-12(13)14(15)16-17/h4-6,9H,2-3,7-8H2,1H3,(H2,15,16). The van der Waals surface area contributed by atoms with Crippen LogP contribution in [0.2, 0.25) is 0 Å². The van der Waals surface area contributed by atoms with Crippen LogP contribution in [0, 0.1) is 0 Å². The number of ether oxygens (including phenoxy) is 1. The van der Waals surface area contributed by atoms with Crippen LogP contribution in [0.25, 0.3) is 5.69 Å². The summed E-state index contributed by atoms with van der Waals surface area (Å²) in [6, 6.07) is 7.93. The fraction of sp³-hybridized carbons (Fsp3) is 0.357. The molecule has 4 heteroatoms. The number of nitrogens with two attached hydrogens (primary N) is 1. The first-order chi connectivity index (χ1) is 8.79. The number of nitrogens with zero attached hydrogens (tertiary/aromatic N) is 2. The van der Waals surface area contributed by atoms with Crippen LogP contribution in [-0.4, -0.2) is 16.9 Å². The third kappa shape index (κ3) is 1.74. The number of fused-ring (bicyclic) bond motifs is 1. The largest absolute Gasteiger partial charge is 0.497 e. The smallest absolute Gasteiger partial charge is 0.149 e. The Morgan fingerprint density at radius 3 is 2.94 bits per heavy atom. The molecule has 18 heavy (non-hydrogen) atoms. The Labute approximate surface area is 106 Å². The van der Waals surface area contributed by atoms with Crippen LogP contribution in [0.3, 0.4) is 0 Å². The molecule has 2 N–H and O–H groups in total. The predicted octanol–water partition coefficient (Wildman–Crippen LogP) is 2.34. The molecule has 0 unspecified atom stereocenters. The lowest BCUT2D eigenvalue weighted by Crippen LogP contribution is -2.07. The highest BCUT2D eigenvalue weighted by molar-refractivity contribution is 5.49. The van der Waals surface area contributed by atoms with E-state index >= 15 is 0 Å². The highest BCUT2D eigenvalue weighted by Gasteiger charge is 2.19. The predicted molar refractivity (Wildman–Crippen MR) is 71.2 cm³/mol. The van der Waals surface area contributed by atoms with Crippen molar-refractivity contribution in [3.05, 3.63) is 35.5 Å². The molecule has 0 radical (unpaired) electrons. The zero-order valence-electron chi connectivity index (χ0n) is 10.5. The molecule has 0 amide bonds. The maximum absolute atomic E-state index is 6.01. The van der Waals surface area contributed by atoms with Crippen molar-refractivity contribution in [1.29, 1.82) is 0 Å². The summed E-state index contributed by atoms with van der Waals surface area (Å²) < 4.78 is 7.22. The van der Waals surface area contributed by atoms with E-state index in [9.17, 15) is 0 Å². The maximum Gasteiger partial charge on any atom is 0.149 e. The summed E-state index contributed by atoms with van der Waals surface area (Å²) in [5, 5.41) is 4.48. The van der Waals surface area contributed by atoms with Gasteiger partial charge in [0.05, 0.1) is 12.8 Å². The Morgan fingerprint density at radius 2 is 2.11 bits per heavy atom. The van der Waals surface area contributed by atoms with Crippen LogP contribution in [-0.2, 0) is 12.8 Å². The average molecular weight is 243 g/mol. The monoisotopic (exact) mass is 243 g/mol. The lowest BCUT2D eigenvalue weighted by atomic mass is 9.97.